The zero-order valence-electron chi connectivity index (χ0n) is 21.1. The number of carboxylic acid groups (broad SMARTS) is 1. The fraction of sp³-hybridized carbons (Fsp3) is 0.290. The van der Waals surface area contributed by atoms with E-state index in [4.69, 9.17) is 9.84 Å². The number of unbranched alkanes of at least 4 members (excludes halogenated alkanes) is 1. The minimum Gasteiger partial charge on any atom is -0.478 e. The van der Waals surface area contributed by atoms with Crippen LogP contribution in [0.2, 0.25) is 0 Å². The van der Waals surface area contributed by atoms with Gasteiger partial charge in [0, 0.05) is 18.5 Å². The molecule has 4 rings (SSSR count). The second-order valence-electron chi connectivity index (χ2n) is 8.99. The summed E-state index contributed by atoms with van der Waals surface area (Å²) in [4.78, 5) is 11.7. The standard InChI is InChI=1S/C31H34N2O3/c1-3-5-15-29-28(30(33(4-2)32-29)22-36-21-24-11-7-6-8-12-24)20-23-16-18-25(19-17-23)26-13-9-10-14-27(26)31(34)35/h6-14,16-19H,3-5,15,20-22H2,1-2H3,(H,34,35). The van der Waals surface area contributed by atoms with E-state index >= 15 is 0 Å². The van der Waals surface area contributed by atoms with Crippen molar-refractivity contribution in [1.82, 2.24) is 9.78 Å². The van der Waals surface area contributed by atoms with E-state index in [2.05, 4.69) is 42.8 Å². The Labute approximate surface area is 213 Å². The molecule has 0 amide bonds. The van der Waals surface area contributed by atoms with Crippen molar-refractivity contribution < 1.29 is 14.6 Å². The van der Waals surface area contributed by atoms with Crippen LogP contribution >= 0.6 is 0 Å². The first-order valence-corrected chi connectivity index (χ1v) is 12.7. The number of aromatic nitrogens is 2. The molecule has 0 aliphatic heterocycles. The van der Waals surface area contributed by atoms with E-state index in [1.54, 1.807) is 12.1 Å². The molecule has 1 N–H and O–H groups in total. The van der Waals surface area contributed by atoms with Crippen LogP contribution < -0.4 is 0 Å². The van der Waals surface area contributed by atoms with Crippen LogP contribution in [0.15, 0.2) is 78.9 Å². The number of nitrogens with zero attached hydrogens (tertiary/aromatic N) is 2. The average molecular weight is 483 g/mol. The third kappa shape index (κ3) is 6.10. The highest BCUT2D eigenvalue weighted by Gasteiger charge is 2.18. The van der Waals surface area contributed by atoms with Crippen molar-refractivity contribution in [2.75, 3.05) is 0 Å². The van der Waals surface area contributed by atoms with E-state index in [1.807, 2.05) is 42.5 Å². The summed E-state index contributed by atoms with van der Waals surface area (Å²) in [6.45, 7) is 6.20. The number of aromatic carboxylic acids is 1. The highest BCUT2D eigenvalue weighted by molar-refractivity contribution is 5.96. The lowest BCUT2D eigenvalue weighted by atomic mass is 9.96. The van der Waals surface area contributed by atoms with Crippen LogP contribution in [0.4, 0.5) is 0 Å². The van der Waals surface area contributed by atoms with Gasteiger partial charge in [0.1, 0.15) is 0 Å². The van der Waals surface area contributed by atoms with Crippen LogP contribution in [0.25, 0.3) is 11.1 Å². The highest BCUT2D eigenvalue weighted by Crippen LogP contribution is 2.27. The van der Waals surface area contributed by atoms with Crippen molar-refractivity contribution in [2.45, 2.75) is 59.3 Å². The molecule has 0 spiro atoms. The Morgan fingerprint density at radius 1 is 0.889 bits per heavy atom. The second kappa shape index (κ2) is 12.3. The summed E-state index contributed by atoms with van der Waals surface area (Å²) >= 11 is 0. The van der Waals surface area contributed by atoms with Crippen LogP contribution in [-0.2, 0) is 37.3 Å². The number of carboxylic acids is 1. The predicted molar refractivity (Wildman–Crippen MR) is 143 cm³/mol. The van der Waals surface area contributed by atoms with Gasteiger partial charge in [0.25, 0.3) is 0 Å². The summed E-state index contributed by atoms with van der Waals surface area (Å²) in [5.41, 5.74) is 7.81. The Balaban J connectivity index is 1.58. The van der Waals surface area contributed by atoms with Crippen molar-refractivity contribution in [2.24, 2.45) is 0 Å². The minimum absolute atomic E-state index is 0.314. The highest BCUT2D eigenvalue weighted by atomic mass is 16.5. The SMILES string of the molecule is CCCCc1nn(CC)c(COCc2ccccc2)c1Cc1ccc(-c2ccccc2C(=O)O)cc1. The molecule has 36 heavy (non-hydrogen) atoms. The maximum absolute atomic E-state index is 11.7. The molecule has 3 aromatic carbocycles. The molecule has 1 aromatic heterocycles. The number of hydrogen-bond acceptors (Lipinski definition) is 3. The molecule has 1 heterocycles. The summed E-state index contributed by atoms with van der Waals surface area (Å²) in [6, 6.07) is 25.6. The number of carbonyl (C=O) groups is 1. The number of ether oxygens (including phenoxy) is 1. The third-order valence-corrected chi connectivity index (χ3v) is 6.47. The quantitative estimate of drug-likeness (QED) is 0.238. The summed E-state index contributed by atoms with van der Waals surface area (Å²) in [7, 11) is 0. The van der Waals surface area contributed by atoms with Crippen LogP contribution in [-0.4, -0.2) is 20.9 Å². The van der Waals surface area contributed by atoms with E-state index in [1.165, 1.54) is 11.1 Å². The maximum Gasteiger partial charge on any atom is 0.336 e. The van der Waals surface area contributed by atoms with Gasteiger partial charge in [0.15, 0.2) is 0 Å². The van der Waals surface area contributed by atoms with Crippen molar-refractivity contribution >= 4 is 5.97 Å². The summed E-state index contributed by atoms with van der Waals surface area (Å²) < 4.78 is 8.23. The molecule has 0 atom stereocenters. The molecule has 5 nitrogen and oxygen atoms in total. The number of benzene rings is 3. The molecular formula is C31H34N2O3. The molecule has 0 fully saturated rings. The number of aryl methyl sites for hydroxylation is 2. The smallest absolute Gasteiger partial charge is 0.336 e. The zero-order chi connectivity index (χ0) is 25.3. The van der Waals surface area contributed by atoms with E-state index in [-0.39, 0.29) is 0 Å². The fourth-order valence-electron chi connectivity index (χ4n) is 4.53. The minimum atomic E-state index is -0.914. The first-order chi connectivity index (χ1) is 17.6. The van der Waals surface area contributed by atoms with Crippen molar-refractivity contribution in [3.63, 3.8) is 0 Å². The van der Waals surface area contributed by atoms with Gasteiger partial charge in [-0.05, 0) is 48.1 Å². The van der Waals surface area contributed by atoms with Gasteiger partial charge in [-0.25, -0.2) is 4.79 Å². The second-order valence-corrected chi connectivity index (χ2v) is 8.99. The van der Waals surface area contributed by atoms with E-state index in [9.17, 15) is 9.90 Å². The van der Waals surface area contributed by atoms with Gasteiger partial charge in [0.05, 0.1) is 30.2 Å². The van der Waals surface area contributed by atoms with Gasteiger partial charge in [-0.15, -0.1) is 0 Å². The van der Waals surface area contributed by atoms with Crippen molar-refractivity contribution in [1.29, 1.82) is 0 Å². The number of rotatable bonds is 12. The molecule has 186 valence electrons. The van der Waals surface area contributed by atoms with Crippen molar-refractivity contribution in [3.05, 3.63) is 113 Å². The molecule has 0 unspecified atom stereocenters. The first kappa shape index (κ1) is 25.4. The molecule has 0 aliphatic rings. The lowest BCUT2D eigenvalue weighted by Gasteiger charge is -2.11. The normalized spacial score (nSPS) is 11.1. The molecular weight excluding hydrogens is 448 g/mol. The van der Waals surface area contributed by atoms with Crippen molar-refractivity contribution in [3.8, 4) is 11.1 Å². The van der Waals surface area contributed by atoms with Gasteiger partial charge in [-0.1, -0.05) is 86.1 Å². The topological polar surface area (TPSA) is 64.4 Å². The first-order valence-electron chi connectivity index (χ1n) is 12.7. The third-order valence-electron chi connectivity index (χ3n) is 6.47. The van der Waals surface area contributed by atoms with Gasteiger partial charge >= 0.3 is 5.97 Å². The molecule has 5 heteroatoms. The molecule has 0 saturated heterocycles. The summed E-state index contributed by atoms with van der Waals surface area (Å²) in [6.07, 6.45) is 3.94. The Kier molecular flexibility index (Phi) is 8.69. The largest absolute Gasteiger partial charge is 0.478 e. The van der Waals surface area contributed by atoms with E-state index in [0.717, 1.165) is 60.3 Å². The van der Waals surface area contributed by atoms with Crippen LogP contribution in [0.5, 0.6) is 0 Å². The van der Waals surface area contributed by atoms with Gasteiger partial charge in [0.2, 0.25) is 0 Å². The Morgan fingerprint density at radius 2 is 1.61 bits per heavy atom. The Bertz CT molecular complexity index is 1280. The number of hydrogen-bond donors (Lipinski definition) is 1. The maximum atomic E-state index is 11.7. The van der Waals surface area contributed by atoms with Gasteiger partial charge in [-0.2, -0.15) is 5.10 Å². The lowest BCUT2D eigenvalue weighted by molar-refractivity contribution is 0.0697. The molecule has 0 saturated carbocycles. The predicted octanol–water partition coefficient (Wildman–Crippen LogP) is 6.92. The molecule has 0 bridgehead atoms. The van der Waals surface area contributed by atoms with Crippen LogP contribution in [0.3, 0.4) is 0 Å². The van der Waals surface area contributed by atoms with E-state index < -0.39 is 5.97 Å². The summed E-state index contributed by atoms with van der Waals surface area (Å²) in [5, 5.41) is 14.5. The zero-order valence-corrected chi connectivity index (χ0v) is 21.1. The Hall–Kier alpha value is -3.70. The summed E-state index contributed by atoms with van der Waals surface area (Å²) in [5.74, 6) is -0.914. The molecule has 0 aliphatic carbocycles. The Morgan fingerprint density at radius 3 is 2.31 bits per heavy atom. The van der Waals surface area contributed by atoms with Crippen LogP contribution in [0.1, 0.15) is 65.1 Å². The van der Waals surface area contributed by atoms with Gasteiger partial charge in [-0.3, -0.25) is 4.68 Å². The van der Waals surface area contributed by atoms with Gasteiger partial charge < -0.3 is 9.84 Å². The lowest BCUT2D eigenvalue weighted by Crippen LogP contribution is -2.07. The van der Waals surface area contributed by atoms with Crippen LogP contribution in [0, 0.1) is 0 Å². The van der Waals surface area contributed by atoms with E-state index in [0.29, 0.717) is 18.8 Å². The molecule has 4 aromatic rings. The fourth-order valence-corrected chi connectivity index (χ4v) is 4.53. The molecule has 0 radical (unpaired) electrons. The monoisotopic (exact) mass is 482 g/mol. The average Bonchev–Trinajstić information content (AvgIpc) is 3.24.